The van der Waals surface area contributed by atoms with Crippen molar-refractivity contribution in [1.82, 2.24) is 15.0 Å². The Bertz CT molecular complexity index is 552. The van der Waals surface area contributed by atoms with Crippen LogP contribution in [0.5, 0.6) is 0 Å². The number of rotatable bonds is 3. The number of hydrogen-bond donors (Lipinski definition) is 1. The SMILES string of the molecule is Cc1cccc(CNc2nc(Cl)nc(Cl)n2)c1C. The predicted octanol–water partition coefficient (Wildman–Crippen LogP) is 3.41. The summed E-state index contributed by atoms with van der Waals surface area (Å²) in [5.74, 6) is 0.376. The molecule has 18 heavy (non-hydrogen) atoms. The fraction of sp³-hybridized carbons (Fsp3) is 0.250. The lowest BCUT2D eigenvalue weighted by atomic mass is 10.0. The maximum Gasteiger partial charge on any atom is 0.228 e. The van der Waals surface area contributed by atoms with Crippen LogP contribution in [-0.2, 0) is 6.54 Å². The van der Waals surface area contributed by atoms with Crippen LogP contribution in [-0.4, -0.2) is 15.0 Å². The highest BCUT2D eigenvalue weighted by Gasteiger charge is 2.04. The van der Waals surface area contributed by atoms with E-state index in [1.807, 2.05) is 6.07 Å². The summed E-state index contributed by atoms with van der Waals surface area (Å²) < 4.78 is 0. The lowest BCUT2D eigenvalue weighted by molar-refractivity contribution is 0.994. The molecule has 0 aliphatic rings. The molecule has 4 nitrogen and oxygen atoms in total. The van der Waals surface area contributed by atoms with Crippen LogP contribution in [0.4, 0.5) is 5.95 Å². The standard InChI is InChI=1S/C12H12Cl2N4/c1-7-4-3-5-9(8(7)2)6-15-12-17-10(13)16-11(14)18-12/h3-5H,6H2,1-2H3,(H,15,16,17,18). The van der Waals surface area contributed by atoms with Crippen LogP contribution in [0.15, 0.2) is 18.2 Å². The number of aromatic nitrogens is 3. The molecule has 0 fully saturated rings. The third kappa shape index (κ3) is 3.09. The highest BCUT2D eigenvalue weighted by molar-refractivity contribution is 6.31. The molecular weight excluding hydrogens is 271 g/mol. The zero-order valence-electron chi connectivity index (χ0n) is 10.0. The Kier molecular flexibility index (Phi) is 3.99. The summed E-state index contributed by atoms with van der Waals surface area (Å²) in [6.07, 6.45) is 0. The first-order chi connectivity index (χ1) is 8.56. The van der Waals surface area contributed by atoms with Crippen LogP contribution in [0, 0.1) is 13.8 Å². The largest absolute Gasteiger partial charge is 0.350 e. The second kappa shape index (κ2) is 5.50. The fourth-order valence-electron chi connectivity index (χ4n) is 1.58. The second-order valence-corrected chi connectivity index (χ2v) is 4.59. The number of halogens is 2. The van der Waals surface area contributed by atoms with E-state index in [2.05, 4.69) is 46.2 Å². The van der Waals surface area contributed by atoms with Crippen LogP contribution in [0.3, 0.4) is 0 Å². The van der Waals surface area contributed by atoms with Crippen molar-refractivity contribution in [3.8, 4) is 0 Å². The Hall–Kier alpha value is -1.39. The van der Waals surface area contributed by atoms with Gasteiger partial charge in [-0.25, -0.2) is 0 Å². The average Bonchev–Trinajstić information content (AvgIpc) is 2.30. The molecule has 6 heteroatoms. The lowest BCUT2D eigenvalue weighted by Gasteiger charge is -2.09. The zero-order chi connectivity index (χ0) is 13.1. The van der Waals surface area contributed by atoms with E-state index in [1.54, 1.807) is 0 Å². The second-order valence-electron chi connectivity index (χ2n) is 3.91. The predicted molar refractivity (Wildman–Crippen MR) is 73.1 cm³/mol. The summed E-state index contributed by atoms with van der Waals surface area (Å²) in [4.78, 5) is 11.6. The van der Waals surface area contributed by atoms with Crippen molar-refractivity contribution in [1.29, 1.82) is 0 Å². The quantitative estimate of drug-likeness (QED) is 0.937. The molecule has 0 saturated carbocycles. The minimum atomic E-state index is 0.0819. The molecule has 1 heterocycles. The van der Waals surface area contributed by atoms with E-state index in [4.69, 9.17) is 23.2 Å². The summed E-state index contributed by atoms with van der Waals surface area (Å²) in [6, 6.07) is 6.15. The van der Waals surface area contributed by atoms with Crippen molar-refractivity contribution in [2.45, 2.75) is 20.4 Å². The smallest absolute Gasteiger partial charge is 0.228 e. The van der Waals surface area contributed by atoms with Gasteiger partial charge in [0.25, 0.3) is 0 Å². The van der Waals surface area contributed by atoms with Crippen molar-refractivity contribution in [2.24, 2.45) is 0 Å². The van der Waals surface area contributed by atoms with E-state index in [9.17, 15) is 0 Å². The van der Waals surface area contributed by atoms with Gasteiger partial charge in [0.05, 0.1) is 0 Å². The van der Waals surface area contributed by atoms with E-state index in [1.165, 1.54) is 16.7 Å². The van der Waals surface area contributed by atoms with Crippen molar-refractivity contribution >= 4 is 29.2 Å². The van der Waals surface area contributed by atoms with Crippen LogP contribution in [0.25, 0.3) is 0 Å². The van der Waals surface area contributed by atoms with Gasteiger partial charge in [-0.1, -0.05) is 18.2 Å². The van der Waals surface area contributed by atoms with Crippen LogP contribution in [0.2, 0.25) is 10.6 Å². The van der Waals surface area contributed by atoms with Gasteiger partial charge < -0.3 is 5.32 Å². The van der Waals surface area contributed by atoms with E-state index >= 15 is 0 Å². The Morgan fingerprint density at radius 3 is 2.39 bits per heavy atom. The van der Waals surface area contributed by atoms with Gasteiger partial charge in [0, 0.05) is 6.54 Å². The van der Waals surface area contributed by atoms with Gasteiger partial charge in [-0.3, -0.25) is 0 Å². The van der Waals surface area contributed by atoms with E-state index < -0.39 is 0 Å². The molecule has 0 radical (unpaired) electrons. The molecule has 94 valence electrons. The third-order valence-electron chi connectivity index (χ3n) is 2.73. The summed E-state index contributed by atoms with van der Waals surface area (Å²) >= 11 is 11.4. The molecule has 2 aromatic rings. The Labute approximate surface area is 115 Å². The van der Waals surface area contributed by atoms with Crippen molar-refractivity contribution in [3.63, 3.8) is 0 Å². The van der Waals surface area contributed by atoms with Crippen molar-refractivity contribution in [2.75, 3.05) is 5.32 Å². The number of nitrogens with one attached hydrogen (secondary N) is 1. The molecule has 1 aromatic heterocycles. The highest BCUT2D eigenvalue weighted by atomic mass is 35.5. The monoisotopic (exact) mass is 282 g/mol. The molecule has 0 amide bonds. The number of anilines is 1. The first-order valence-electron chi connectivity index (χ1n) is 5.42. The molecule has 1 aromatic carbocycles. The molecule has 0 bridgehead atoms. The fourth-order valence-corrected chi connectivity index (χ4v) is 1.95. The number of hydrogen-bond acceptors (Lipinski definition) is 4. The molecule has 2 rings (SSSR count). The maximum atomic E-state index is 5.70. The van der Waals surface area contributed by atoms with Crippen molar-refractivity contribution < 1.29 is 0 Å². The number of benzene rings is 1. The van der Waals surface area contributed by atoms with Gasteiger partial charge >= 0.3 is 0 Å². The summed E-state index contributed by atoms with van der Waals surface area (Å²) in [5, 5.41) is 3.24. The third-order valence-corrected chi connectivity index (χ3v) is 3.07. The van der Waals surface area contributed by atoms with Crippen LogP contribution >= 0.6 is 23.2 Å². The minimum absolute atomic E-state index is 0.0819. The minimum Gasteiger partial charge on any atom is -0.350 e. The Morgan fingerprint density at radius 2 is 1.72 bits per heavy atom. The van der Waals surface area contributed by atoms with E-state index in [-0.39, 0.29) is 10.6 Å². The van der Waals surface area contributed by atoms with Gasteiger partial charge in [-0.05, 0) is 53.7 Å². The molecule has 1 N–H and O–H groups in total. The van der Waals surface area contributed by atoms with Gasteiger partial charge in [0.15, 0.2) is 0 Å². The summed E-state index contributed by atoms with van der Waals surface area (Å²) in [6.45, 7) is 4.78. The van der Waals surface area contributed by atoms with Gasteiger partial charge in [-0.15, -0.1) is 0 Å². The van der Waals surface area contributed by atoms with Gasteiger partial charge in [0.2, 0.25) is 16.5 Å². The number of nitrogens with zero attached hydrogens (tertiary/aromatic N) is 3. The average molecular weight is 283 g/mol. The summed E-state index contributed by atoms with van der Waals surface area (Å²) in [5.41, 5.74) is 3.68. The Morgan fingerprint density at radius 1 is 1.06 bits per heavy atom. The van der Waals surface area contributed by atoms with E-state index in [0.717, 1.165) is 0 Å². The molecule has 0 aliphatic heterocycles. The molecule has 0 aliphatic carbocycles. The molecule has 0 spiro atoms. The first-order valence-corrected chi connectivity index (χ1v) is 6.18. The van der Waals surface area contributed by atoms with Crippen LogP contribution in [0.1, 0.15) is 16.7 Å². The maximum absolute atomic E-state index is 5.70. The molecule has 0 unspecified atom stereocenters. The first kappa shape index (κ1) is 13.1. The number of aryl methyl sites for hydroxylation is 1. The lowest BCUT2D eigenvalue weighted by Crippen LogP contribution is -2.06. The van der Waals surface area contributed by atoms with Gasteiger partial charge in [-0.2, -0.15) is 15.0 Å². The zero-order valence-corrected chi connectivity index (χ0v) is 11.5. The van der Waals surface area contributed by atoms with E-state index in [0.29, 0.717) is 12.5 Å². The summed E-state index contributed by atoms with van der Waals surface area (Å²) in [7, 11) is 0. The van der Waals surface area contributed by atoms with Crippen molar-refractivity contribution in [3.05, 3.63) is 45.5 Å². The molecule has 0 saturated heterocycles. The molecule has 0 atom stereocenters. The Balaban J connectivity index is 2.14. The van der Waals surface area contributed by atoms with Gasteiger partial charge in [0.1, 0.15) is 0 Å². The molecular formula is C12H12Cl2N4. The van der Waals surface area contributed by atoms with Crippen LogP contribution < -0.4 is 5.32 Å². The normalized spacial score (nSPS) is 10.4. The topological polar surface area (TPSA) is 50.7 Å². The highest BCUT2D eigenvalue weighted by Crippen LogP contribution is 2.15.